The number of hydrogen-bond acceptors (Lipinski definition) is 6. The van der Waals surface area contributed by atoms with Crippen molar-refractivity contribution >= 4 is 5.91 Å². The molecule has 1 aliphatic rings. The quantitative estimate of drug-likeness (QED) is 0.656. The van der Waals surface area contributed by atoms with E-state index in [9.17, 15) is 4.79 Å². The minimum absolute atomic E-state index is 0.0274. The number of carbonyl (C=O) groups excluding carboxylic acids is 1. The summed E-state index contributed by atoms with van der Waals surface area (Å²) in [5, 5.41) is 0. The number of methoxy groups -OCH3 is 5. The largest absolute Gasteiger partial charge is 0.497 e. The highest BCUT2D eigenvalue weighted by Gasteiger charge is 2.32. The topological polar surface area (TPSA) is 66.5 Å². The normalized spacial score (nSPS) is 15.6. The lowest BCUT2D eigenvalue weighted by Crippen LogP contribution is -2.32. The molecule has 0 N–H and O–H groups in total. The van der Waals surface area contributed by atoms with Gasteiger partial charge < -0.3 is 28.6 Å². The first-order valence-corrected chi connectivity index (χ1v) is 9.86. The summed E-state index contributed by atoms with van der Waals surface area (Å²) >= 11 is 0. The first kappa shape index (κ1) is 21.6. The molecule has 1 aliphatic heterocycles. The van der Waals surface area contributed by atoms with Crippen LogP contribution in [-0.4, -0.2) is 52.9 Å². The van der Waals surface area contributed by atoms with Gasteiger partial charge in [-0.25, -0.2) is 0 Å². The number of hydrogen-bond donors (Lipinski definition) is 0. The van der Waals surface area contributed by atoms with Crippen LogP contribution in [0.3, 0.4) is 0 Å². The highest BCUT2D eigenvalue weighted by Crippen LogP contribution is 2.41. The van der Waals surface area contributed by atoms with Crippen LogP contribution >= 0.6 is 0 Å². The molecular weight excluding hydrogens is 386 g/mol. The fraction of sp³-hybridized carbons (Fsp3) is 0.435. The van der Waals surface area contributed by atoms with Crippen LogP contribution in [0.25, 0.3) is 0 Å². The van der Waals surface area contributed by atoms with E-state index in [0.29, 0.717) is 23.8 Å². The van der Waals surface area contributed by atoms with Crippen molar-refractivity contribution in [2.24, 2.45) is 0 Å². The highest BCUT2D eigenvalue weighted by molar-refractivity contribution is 5.80. The molecule has 7 heteroatoms. The maximum atomic E-state index is 13.2. The molecule has 0 saturated carbocycles. The molecule has 7 nitrogen and oxygen atoms in total. The summed E-state index contributed by atoms with van der Waals surface area (Å²) in [7, 11) is 7.94. The Morgan fingerprint density at radius 1 is 0.900 bits per heavy atom. The van der Waals surface area contributed by atoms with E-state index in [1.807, 2.05) is 35.2 Å². The van der Waals surface area contributed by atoms with Crippen LogP contribution in [0.15, 0.2) is 30.3 Å². The molecule has 162 valence electrons. The molecule has 1 unspecified atom stereocenters. The van der Waals surface area contributed by atoms with E-state index < -0.39 is 0 Å². The zero-order valence-corrected chi connectivity index (χ0v) is 18.2. The fourth-order valence-electron chi connectivity index (χ4n) is 4.00. The van der Waals surface area contributed by atoms with Crippen molar-refractivity contribution in [1.29, 1.82) is 0 Å². The van der Waals surface area contributed by atoms with Crippen molar-refractivity contribution in [3.8, 4) is 28.7 Å². The second kappa shape index (κ2) is 9.61. The molecule has 0 aromatic heterocycles. The Kier molecular flexibility index (Phi) is 6.92. The van der Waals surface area contributed by atoms with Gasteiger partial charge in [-0.2, -0.15) is 0 Å². The molecule has 1 heterocycles. The number of rotatable bonds is 8. The summed E-state index contributed by atoms with van der Waals surface area (Å²) in [6, 6.07) is 9.35. The van der Waals surface area contributed by atoms with Crippen molar-refractivity contribution in [3.63, 3.8) is 0 Å². The summed E-state index contributed by atoms with van der Waals surface area (Å²) < 4.78 is 27.1. The lowest BCUT2D eigenvalue weighted by Gasteiger charge is -2.27. The van der Waals surface area contributed by atoms with Crippen molar-refractivity contribution < 1.29 is 28.5 Å². The number of benzene rings is 2. The van der Waals surface area contributed by atoms with Crippen LogP contribution in [-0.2, 0) is 11.2 Å². The molecule has 2 aromatic rings. The predicted octanol–water partition coefficient (Wildman–Crippen LogP) is 3.64. The van der Waals surface area contributed by atoms with Gasteiger partial charge in [0.25, 0.3) is 0 Å². The molecule has 1 amide bonds. The van der Waals surface area contributed by atoms with Crippen LogP contribution in [0.2, 0.25) is 0 Å². The molecule has 0 radical (unpaired) electrons. The lowest BCUT2D eigenvalue weighted by atomic mass is 10.0. The maximum absolute atomic E-state index is 13.2. The molecule has 1 atom stereocenters. The van der Waals surface area contributed by atoms with E-state index in [4.69, 9.17) is 23.7 Å². The van der Waals surface area contributed by atoms with Crippen LogP contribution in [0, 0.1) is 0 Å². The highest BCUT2D eigenvalue weighted by atomic mass is 16.5. The summed E-state index contributed by atoms with van der Waals surface area (Å²) in [6.45, 7) is 0.711. The zero-order valence-electron chi connectivity index (χ0n) is 18.2. The van der Waals surface area contributed by atoms with Crippen molar-refractivity contribution in [2.75, 3.05) is 42.1 Å². The predicted molar refractivity (Wildman–Crippen MR) is 113 cm³/mol. The van der Waals surface area contributed by atoms with Gasteiger partial charge in [-0.15, -0.1) is 0 Å². The van der Waals surface area contributed by atoms with E-state index in [1.54, 1.807) is 35.5 Å². The standard InChI is InChI=1S/C23H29NO6/c1-26-16-8-9-17(19(14-16)27-2)18-7-6-10-24(18)22(25)13-15-11-20(28-3)23(30-5)21(12-15)29-4/h8-9,11-12,14,18H,6-7,10,13H2,1-5H3. The number of ether oxygens (including phenoxy) is 5. The number of carbonyl (C=O) groups is 1. The van der Waals surface area contributed by atoms with Crippen LogP contribution < -0.4 is 23.7 Å². The summed E-state index contributed by atoms with van der Waals surface area (Å²) in [5.74, 6) is 3.09. The van der Waals surface area contributed by atoms with Gasteiger partial charge in [-0.3, -0.25) is 4.79 Å². The third kappa shape index (κ3) is 4.25. The first-order chi connectivity index (χ1) is 14.6. The third-order valence-corrected chi connectivity index (χ3v) is 5.45. The second-order valence-electron chi connectivity index (χ2n) is 7.06. The van der Waals surface area contributed by atoms with E-state index in [0.717, 1.165) is 35.5 Å². The molecular formula is C23H29NO6. The van der Waals surface area contributed by atoms with Gasteiger partial charge in [0.1, 0.15) is 11.5 Å². The molecule has 2 aromatic carbocycles. The van der Waals surface area contributed by atoms with Crippen LogP contribution in [0.5, 0.6) is 28.7 Å². The summed E-state index contributed by atoms with van der Waals surface area (Å²) in [4.78, 5) is 15.1. The van der Waals surface area contributed by atoms with Gasteiger partial charge in [0.05, 0.1) is 48.0 Å². The monoisotopic (exact) mass is 415 g/mol. The number of amides is 1. The van der Waals surface area contributed by atoms with Gasteiger partial charge >= 0.3 is 0 Å². The minimum Gasteiger partial charge on any atom is -0.497 e. The van der Waals surface area contributed by atoms with Crippen molar-refractivity contribution in [2.45, 2.75) is 25.3 Å². The molecule has 1 fully saturated rings. The van der Waals surface area contributed by atoms with Crippen LogP contribution in [0.1, 0.15) is 30.0 Å². The van der Waals surface area contributed by atoms with E-state index >= 15 is 0 Å². The Labute approximate surface area is 177 Å². The first-order valence-electron chi connectivity index (χ1n) is 9.86. The average molecular weight is 415 g/mol. The lowest BCUT2D eigenvalue weighted by molar-refractivity contribution is -0.131. The zero-order chi connectivity index (χ0) is 21.7. The minimum atomic E-state index is -0.0274. The Morgan fingerprint density at radius 3 is 2.13 bits per heavy atom. The molecule has 30 heavy (non-hydrogen) atoms. The fourth-order valence-corrected chi connectivity index (χ4v) is 4.00. The van der Waals surface area contributed by atoms with Gasteiger partial charge in [0.2, 0.25) is 11.7 Å². The maximum Gasteiger partial charge on any atom is 0.227 e. The van der Waals surface area contributed by atoms with Gasteiger partial charge in [-0.05, 0) is 42.7 Å². The molecule has 0 spiro atoms. The van der Waals surface area contributed by atoms with Gasteiger partial charge in [0.15, 0.2) is 11.5 Å². The van der Waals surface area contributed by atoms with E-state index in [2.05, 4.69) is 0 Å². The van der Waals surface area contributed by atoms with Gasteiger partial charge in [-0.1, -0.05) is 0 Å². The number of nitrogens with zero attached hydrogens (tertiary/aromatic N) is 1. The van der Waals surface area contributed by atoms with E-state index in [1.165, 1.54) is 0 Å². The summed E-state index contributed by atoms with van der Waals surface area (Å²) in [5.41, 5.74) is 1.80. The molecule has 3 rings (SSSR count). The Morgan fingerprint density at radius 2 is 1.57 bits per heavy atom. The smallest absolute Gasteiger partial charge is 0.227 e. The second-order valence-corrected chi connectivity index (χ2v) is 7.06. The number of likely N-dealkylation sites (tertiary alicyclic amines) is 1. The SMILES string of the molecule is COc1ccc(C2CCCN2C(=O)Cc2cc(OC)c(OC)c(OC)c2)c(OC)c1. The summed E-state index contributed by atoms with van der Waals surface area (Å²) in [6.07, 6.45) is 2.08. The van der Waals surface area contributed by atoms with Crippen molar-refractivity contribution in [3.05, 3.63) is 41.5 Å². The van der Waals surface area contributed by atoms with Crippen molar-refractivity contribution in [1.82, 2.24) is 4.90 Å². The van der Waals surface area contributed by atoms with E-state index in [-0.39, 0.29) is 18.4 Å². The van der Waals surface area contributed by atoms with Crippen LogP contribution in [0.4, 0.5) is 0 Å². The average Bonchev–Trinajstić information content (AvgIpc) is 3.27. The Bertz CT molecular complexity index is 872. The Balaban J connectivity index is 1.85. The molecule has 1 saturated heterocycles. The molecule has 0 aliphatic carbocycles. The molecule has 0 bridgehead atoms. The van der Waals surface area contributed by atoms with Gasteiger partial charge in [0, 0.05) is 18.2 Å². The Hall–Kier alpha value is -3.09. The third-order valence-electron chi connectivity index (χ3n) is 5.45.